The van der Waals surface area contributed by atoms with Crippen molar-refractivity contribution in [3.63, 3.8) is 0 Å². The van der Waals surface area contributed by atoms with Crippen LogP contribution in [0.15, 0.2) is 65.8 Å². The quantitative estimate of drug-likeness (QED) is 0.615. The molecular formula is C20H22N2O2. The number of hydrazone groups is 1. The molecule has 124 valence electrons. The second-order valence-corrected chi connectivity index (χ2v) is 5.72. The minimum absolute atomic E-state index is 0.255. The molecule has 24 heavy (non-hydrogen) atoms. The number of nitrogens with one attached hydrogen (secondary N) is 1. The second kappa shape index (κ2) is 9.30. The van der Waals surface area contributed by atoms with Crippen molar-refractivity contribution < 1.29 is 9.53 Å². The summed E-state index contributed by atoms with van der Waals surface area (Å²) in [6.45, 7) is 4.84. The molecule has 4 nitrogen and oxygen atoms in total. The van der Waals surface area contributed by atoms with E-state index < -0.39 is 0 Å². The summed E-state index contributed by atoms with van der Waals surface area (Å²) in [5, 5.41) is 3.90. The molecule has 0 fully saturated rings. The van der Waals surface area contributed by atoms with Gasteiger partial charge in [-0.05, 0) is 41.8 Å². The molecule has 1 N–H and O–H groups in total. The minimum atomic E-state index is -0.255. The van der Waals surface area contributed by atoms with E-state index in [1.165, 1.54) is 0 Å². The Kier molecular flexibility index (Phi) is 6.77. The molecule has 0 heterocycles. The number of benzene rings is 2. The first-order valence-corrected chi connectivity index (χ1v) is 7.93. The zero-order valence-electron chi connectivity index (χ0n) is 14.0. The number of ether oxygens (including phenoxy) is 1. The predicted molar refractivity (Wildman–Crippen MR) is 98.2 cm³/mol. The molecule has 0 bridgehead atoms. The van der Waals surface area contributed by atoms with Crippen molar-refractivity contribution in [2.75, 3.05) is 6.61 Å². The van der Waals surface area contributed by atoms with Crippen molar-refractivity contribution in [3.8, 4) is 5.75 Å². The third-order valence-electron chi connectivity index (χ3n) is 3.11. The molecule has 0 aliphatic carbocycles. The summed E-state index contributed by atoms with van der Waals surface area (Å²) in [6.07, 6.45) is 5.24. The van der Waals surface area contributed by atoms with E-state index in [0.717, 1.165) is 11.3 Å². The van der Waals surface area contributed by atoms with Crippen LogP contribution in [0, 0.1) is 5.92 Å². The molecule has 0 radical (unpaired) electrons. The monoisotopic (exact) mass is 322 g/mol. The molecule has 0 saturated carbocycles. The van der Waals surface area contributed by atoms with Crippen LogP contribution in [0.4, 0.5) is 0 Å². The number of allylic oxidation sites excluding steroid dienone is 1. The van der Waals surface area contributed by atoms with Crippen LogP contribution in [0.3, 0.4) is 0 Å². The van der Waals surface area contributed by atoms with Crippen LogP contribution < -0.4 is 10.2 Å². The number of hydrogen-bond acceptors (Lipinski definition) is 3. The average Bonchev–Trinajstić information content (AvgIpc) is 2.61. The fourth-order valence-corrected chi connectivity index (χ4v) is 1.89. The molecule has 0 spiro atoms. The second-order valence-electron chi connectivity index (χ2n) is 5.72. The lowest BCUT2D eigenvalue weighted by Gasteiger charge is -2.08. The van der Waals surface area contributed by atoms with Gasteiger partial charge in [-0.2, -0.15) is 5.10 Å². The molecule has 1 amide bonds. The van der Waals surface area contributed by atoms with Gasteiger partial charge in [-0.25, -0.2) is 5.43 Å². The average molecular weight is 322 g/mol. The van der Waals surface area contributed by atoms with Crippen LogP contribution >= 0.6 is 0 Å². The Labute approximate surface area is 142 Å². The Bertz CT molecular complexity index is 689. The molecule has 2 aromatic rings. The molecule has 2 aromatic carbocycles. The van der Waals surface area contributed by atoms with Gasteiger partial charge in [0.1, 0.15) is 5.75 Å². The van der Waals surface area contributed by atoms with E-state index in [-0.39, 0.29) is 5.91 Å². The fourth-order valence-electron chi connectivity index (χ4n) is 1.89. The van der Waals surface area contributed by atoms with Gasteiger partial charge in [-0.1, -0.05) is 50.3 Å². The molecule has 0 aliphatic heterocycles. The molecular weight excluding hydrogens is 300 g/mol. The maximum atomic E-state index is 12.0. The van der Waals surface area contributed by atoms with Gasteiger partial charge >= 0.3 is 0 Å². The van der Waals surface area contributed by atoms with Gasteiger partial charge in [0.25, 0.3) is 5.91 Å². The van der Waals surface area contributed by atoms with Crippen molar-refractivity contribution in [3.05, 3.63) is 71.8 Å². The molecule has 0 unspecified atom stereocenters. The zero-order valence-corrected chi connectivity index (χ0v) is 14.0. The smallest absolute Gasteiger partial charge is 0.271 e. The largest absolute Gasteiger partial charge is 0.493 e. The van der Waals surface area contributed by atoms with Crippen molar-refractivity contribution in [2.45, 2.75) is 13.8 Å². The van der Waals surface area contributed by atoms with Crippen LogP contribution in [-0.4, -0.2) is 18.7 Å². The maximum absolute atomic E-state index is 12.0. The summed E-state index contributed by atoms with van der Waals surface area (Å²) in [5.41, 5.74) is 4.11. The van der Waals surface area contributed by atoms with E-state index in [4.69, 9.17) is 4.74 Å². The van der Waals surface area contributed by atoms with E-state index in [9.17, 15) is 4.79 Å². The van der Waals surface area contributed by atoms with Gasteiger partial charge in [0.2, 0.25) is 0 Å². The Morgan fingerprint density at radius 3 is 2.50 bits per heavy atom. The normalized spacial score (nSPS) is 11.3. The summed E-state index contributed by atoms with van der Waals surface area (Å²) < 4.78 is 5.59. The number of nitrogens with zero attached hydrogens (tertiary/aromatic N) is 1. The summed E-state index contributed by atoms with van der Waals surface area (Å²) in [4.78, 5) is 12.0. The highest BCUT2D eigenvalue weighted by atomic mass is 16.5. The lowest BCUT2D eigenvalue weighted by Crippen LogP contribution is -2.17. The fraction of sp³-hybridized carbons (Fsp3) is 0.200. The molecule has 2 rings (SSSR count). The van der Waals surface area contributed by atoms with Crippen LogP contribution in [0.2, 0.25) is 0 Å². The lowest BCUT2D eigenvalue weighted by molar-refractivity contribution is 0.0955. The van der Waals surface area contributed by atoms with Crippen molar-refractivity contribution in [1.29, 1.82) is 0 Å². The van der Waals surface area contributed by atoms with Crippen LogP contribution in [0.25, 0.3) is 6.08 Å². The highest BCUT2D eigenvalue weighted by Gasteiger charge is 2.04. The highest BCUT2D eigenvalue weighted by molar-refractivity contribution is 5.94. The van der Waals surface area contributed by atoms with E-state index in [2.05, 4.69) is 24.4 Å². The first-order chi connectivity index (χ1) is 11.6. The van der Waals surface area contributed by atoms with Crippen molar-refractivity contribution in [2.24, 2.45) is 11.0 Å². The molecule has 4 heteroatoms. The van der Waals surface area contributed by atoms with Gasteiger partial charge in [0.05, 0.1) is 6.61 Å². The van der Waals surface area contributed by atoms with Gasteiger partial charge in [-0.3, -0.25) is 4.79 Å². The molecule has 0 aromatic heterocycles. The van der Waals surface area contributed by atoms with E-state index >= 15 is 0 Å². The number of carbonyl (C=O) groups excluding carboxylic acids is 1. The first kappa shape index (κ1) is 17.5. The molecule has 0 aliphatic rings. The SMILES string of the molecule is CC(C)COc1ccc(C(=O)N/N=C/C=C/c2ccccc2)cc1. The molecule has 0 saturated heterocycles. The Morgan fingerprint density at radius 1 is 1.12 bits per heavy atom. The Balaban J connectivity index is 1.81. The van der Waals surface area contributed by atoms with Gasteiger partial charge in [0, 0.05) is 11.8 Å². The predicted octanol–water partition coefficient (Wildman–Crippen LogP) is 4.15. The first-order valence-electron chi connectivity index (χ1n) is 7.93. The Hall–Kier alpha value is -2.88. The summed E-state index contributed by atoms with van der Waals surface area (Å²) in [6, 6.07) is 16.9. The number of amides is 1. The van der Waals surface area contributed by atoms with Crippen molar-refractivity contribution in [1.82, 2.24) is 5.43 Å². The van der Waals surface area contributed by atoms with Crippen LogP contribution in [0.5, 0.6) is 5.75 Å². The van der Waals surface area contributed by atoms with Gasteiger partial charge in [-0.15, -0.1) is 0 Å². The number of hydrogen-bond donors (Lipinski definition) is 1. The van der Waals surface area contributed by atoms with Crippen LogP contribution in [-0.2, 0) is 0 Å². The van der Waals surface area contributed by atoms with E-state index in [1.807, 2.05) is 36.4 Å². The minimum Gasteiger partial charge on any atom is -0.493 e. The summed E-state index contributed by atoms with van der Waals surface area (Å²) in [7, 11) is 0. The van der Waals surface area contributed by atoms with E-state index in [1.54, 1.807) is 36.6 Å². The van der Waals surface area contributed by atoms with Gasteiger partial charge in [0.15, 0.2) is 0 Å². The Morgan fingerprint density at radius 2 is 1.83 bits per heavy atom. The third-order valence-corrected chi connectivity index (χ3v) is 3.11. The van der Waals surface area contributed by atoms with Crippen molar-refractivity contribution >= 4 is 18.2 Å². The summed E-state index contributed by atoms with van der Waals surface area (Å²) >= 11 is 0. The molecule has 0 atom stereocenters. The zero-order chi connectivity index (χ0) is 17.2. The number of carbonyl (C=O) groups is 1. The highest BCUT2D eigenvalue weighted by Crippen LogP contribution is 2.13. The van der Waals surface area contributed by atoms with Gasteiger partial charge < -0.3 is 4.74 Å². The lowest BCUT2D eigenvalue weighted by atomic mass is 10.2. The summed E-state index contributed by atoms with van der Waals surface area (Å²) in [5.74, 6) is 0.968. The topological polar surface area (TPSA) is 50.7 Å². The van der Waals surface area contributed by atoms with Crippen LogP contribution in [0.1, 0.15) is 29.8 Å². The standard InChI is InChI=1S/C20H22N2O2/c1-16(2)15-24-19-12-10-18(11-13-19)20(23)22-21-14-6-9-17-7-4-3-5-8-17/h3-14,16H,15H2,1-2H3,(H,22,23)/b9-6+,21-14+. The number of rotatable bonds is 7. The maximum Gasteiger partial charge on any atom is 0.271 e. The van der Waals surface area contributed by atoms with E-state index in [0.29, 0.717) is 18.1 Å². The third kappa shape index (κ3) is 6.08.